The highest BCUT2D eigenvalue weighted by Gasteiger charge is 2.44. The highest BCUT2D eigenvalue weighted by Crippen LogP contribution is 2.43. The first-order chi connectivity index (χ1) is 23.7. The number of ether oxygens (including phenoxy) is 3. The summed E-state index contributed by atoms with van der Waals surface area (Å²) in [7, 11) is 0. The lowest BCUT2D eigenvalue weighted by Crippen LogP contribution is -2.50. The molecule has 3 aliphatic heterocycles. The van der Waals surface area contributed by atoms with Gasteiger partial charge in [-0.05, 0) is 108 Å². The molecule has 3 rings (SSSR count). The van der Waals surface area contributed by atoms with E-state index in [0.29, 0.717) is 24.8 Å². The van der Waals surface area contributed by atoms with E-state index in [-0.39, 0.29) is 60.9 Å². The number of hydrogen-bond acceptors (Lipinski definition) is 8. The van der Waals surface area contributed by atoms with Crippen molar-refractivity contribution in [1.29, 1.82) is 0 Å². The molecule has 0 aliphatic carbocycles. The summed E-state index contributed by atoms with van der Waals surface area (Å²) >= 11 is 0. The van der Waals surface area contributed by atoms with Gasteiger partial charge in [0.15, 0.2) is 11.6 Å². The minimum absolute atomic E-state index is 0.0223. The van der Waals surface area contributed by atoms with Crippen LogP contribution in [0.3, 0.4) is 0 Å². The van der Waals surface area contributed by atoms with Crippen LogP contribution in [-0.2, 0) is 28.6 Å². The quantitative estimate of drug-likeness (QED) is 0.0782. The number of amides is 2. The lowest BCUT2D eigenvalue weighted by molar-refractivity contribution is -0.324. The molecule has 0 aromatic rings. The molecule has 0 radical (unpaired) electrons. The lowest BCUT2D eigenvalue weighted by Gasteiger charge is -2.48. The largest absolute Gasteiger partial charge is 0.390 e. The second-order valence-electron chi connectivity index (χ2n) is 15.7. The van der Waals surface area contributed by atoms with Gasteiger partial charge >= 0.3 is 0 Å². The van der Waals surface area contributed by atoms with Crippen molar-refractivity contribution in [2.45, 2.75) is 174 Å². The van der Waals surface area contributed by atoms with Gasteiger partial charge in [-0.15, -0.1) is 0 Å². The minimum atomic E-state index is -1.02. The summed E-state index contributed by atoms with van der Waals surface area (Å²) in [5.74, 6) is -0.680. The van der Waals surface area contributed by atoms with Gasteiger partial charge in [-0.2, -0.15) is 0 Å². The Kier molecular flexibility index (Phi) is 17.6. The van der Waals surface area contributed by atoms with Crippen LogP contribution in [0.5, 0.6) is 0 Å². The van der Waals surface area contributed by atoms with Crippen molar-refractivity contribution < 1.29 is 38.8 Å². The molecule has 1 spiro atoms. The van der Waals surface area contributed by atoms with Crippen LogP contribution in [0.2, 0.25) is 0 Å². The number of aliphatic hydroxyl groups excluding tert-OH is 2. The molecule has 3 heterocycles. The van der Waals surface area contributed by atoms with Crippen LogP contribution in [0.4, 0.5) is 0 Å². The monoisotopic (exact) mass is 704 g/mol. The smallest absolute Gasteiger partial charge is 0.225 e. The van der Waals surface area contributed by atoms with Crippen molar-refractivity contribution in [3.05, 3.63) is 23.8 Å². The van der Waals surface area contributed by atoms with Crippen molar-refractivity contribution in [1.82, 2.24) is 10.6 Å². The highest BCUT2D eigenvalue weighted by molar-refractivity contribution is 5.89. The summed E-state index contributed by atoms with van der Waals surface area (Å²) in [6.07, 6.45) is 14.5. The zero-order valence-corrected chi connectivity index (χ0v) is 32.0. The standard InChI is InChI=1S/C40H68N2O8/c1-8-11-32(44)23-34-17-15-27(3)37(48-34)24-38(46)42-25-35(45)30(6)39(47)41-21-10-13-36-28(4)18-20-40(50-36)19-9-12-33(49-40)16-14-26(2)22-29(5)31(7)43/h8,11,22,26-28,30-31,33-37,43,45H,9-10,12-21,23-25H2,1-7H3,(H,41,47)(H,42,46)/b11-8+,29-22+/t26-,27-,28-,30+,31-,33-,34-,35-,36+,37-,40-/m0/s1. The molecule has 10 nitrogen and oxygen atoms in total. The Morgan fingerprint density at radius 3 is 2.36 bits per heavy atom. The minimum Gasteiger partial charge on any atom is -0.390 e. The first kappa shape index (κ1) is 42.3. The van der Waals surface area contributed by atoms with E-state index in [0.717, 1.165) is 76.2 Å². The predicted molar refractivity (Wildman–Crippen MR) is 195 cm³/mol. The molecule has 0 saturated carbocycles. The maximum absolute atomic E-state index is 12.9. The number of carbonyl (C=O) groups is 3. The van der Waals surface area contributed by atoms with Gasteiger partial charge < -0.3 is 35.1 Å². The summed E-state index contributed by atoms with van der Waals surface area (Å²) < 4.78 is 19.5. The number of carbonyl (C=O) groups excluding carboxylic acids is 3. The molecule has 3 aliphatic rings. The summed E-state index contributed by atoms with van der Waals surface area (Å²) in [6, 6.07) is 0. The van der Waals surface area contributed by atoms with Crippen LogP contribution >= 0.6 is 0 Å². The lowest BCUT2D eigenvalue weighted by atomic mass is 9.85. The van der Waals surface area contributed by atoms with E-state index < -0.39 is 23.9 Å². The zero-order valence-electron chi connectivity index (χ0n) is 32.0. The first-order valence-electron chi connectivity index (χ1n) is 19.5. The third-order valence-corrected chi connectivity index (χ3v) is 11.2. The summed E-state index contributed by atoms with van der Waals surface area (Å²) in [6.45, 7) is 14.2. The van der Waals surface area contributed by atoms with Gasteiger partial charge in [-0.1, -0.05) is 39.8 Å². The van der Waals surface area contributed by atoms with Crippen molar-refractivity contribution in [3.8, 4) is 0 Å². The molecule has 0 unspecified atom stereocenters. The van der Waals surface area contributed by atoms with Crippen molar-refractivity contribution >= 4 is 17.6 Å². The van der Waals surface area contributed by atoms with Gasteiger partial charge in [-0.25, -0.2) is 0 Å². The fraction of sp³-hybridized carbons (Fsp3) is 0.825. The molecule has 3 saturated heterocycles. The van der Waals surface area contributed by atoms with Gasteiger partial charge in [-0.3, -0.25) is 14.4 Å². The maximum Gasteiger partial charge on any atom is 0.225 e. The van der Waals surface area contributed by atoms with Gasteiger partial charge in [0.25, 0.3) is 0 Å². The van der Waals surface area contributed by atoms with Crippen LogP contribution < -0.4 is 10.6 Å². The number of nitrogens with one attached hydrogen (secondary N) is 2. The molecule has 3 fully saturated rings. The third-order valence-electron chi connectivity index (χ3n) is 11.2. The van der Waals surface area contributed by atoms with Crippen LogP contribution in [0, 0.1) is 23.7 Å². The fourth-order valence-corrected chi connectivity index (χ4v) is 7.51. The molecule has 50 heavy (non-hydrogen) atoms. The van der Waals surface area contributed by atoms with E-state index in [1.165, 1.54) is 0 Å². The number of aliphatic hydroxyl groups is 2. The molecule has 286 valence electrons. The Balaban J connectivity index is 1.36. The molecule has 11 atom stereocenters. The topological polar surface area (TPSA) is 143 Å². The molecule has 0 bridgehead atoms. The van der Waals surface area contributed by atoms with Gasteiger partial charge in [0.1, 0.15) is 0 Å². The number of rotatable bonds is 18. The third kappa shape index (κ3) is 13.8. The van der Waals surface area contributed by atoms with Crippen LogP contribution in [0.15, 0.2) is 23.8 Å². The van der Waals surface area contributed by atoms with Crippen molar-refractivity contribution in [2.24, 2.45) is 23.7 Å². The van der Waals surface area contributed by atoms with Gasteiger partial charge in [0.2, 0.25) is 11.8 Å². The highest BCUT2D eigenvalue weighted by atomic mass is 16.7. The molecule has 0 aromatic carbocycles. The summed E-state index contributed by atoms with van der Waals surface area (Å²) in [5, 5.41) is 26.2. The molecule has 4 N–H and O–H groups in total. The Labute approximate surface area is 301 Å². The average molecular weight is 705 g/mol. The fourth-order valence-electron chi connectivity index (χ4n) is 7.51. The van der Waals surface area contributed by atoms with E-state index in [1.54, 1.807) is 26.0 Å². The van der Waals surface area contributed by atoms with E-state index in [1.807, 2.05) is 20.8 Å². The molecule has 2 amide bonds. The molecule has 10 heteroatoms. The van der Waals surface area contributed by atoms with Gasteiger partial charge in [0, 0.05) is 32.4 Å². The zero-order chi connectivity index (χ0) is 36.8. The van der Waals surface area contributed by atoms with E-state index in [4.69, 9.17) is 14.2 Å². The molecular weight excluding hydrogens is 636 g/mol. The van der Waals surface area contributed by atoms with Crippen LogP contribution in [0.1, 0.15) is 132 Å². The first-order valence-corrected chi connectivity index (χ1v) is 19.5. The van der Waals surface area contributed by atoms with Crippen molar-refractivity contribution in [3.63, 3.8) is 0 Å². The number of hydrogen-bond donors (Lipinski definition) is 4. The molecular formula is C40H68N2O8. The molecule has 0 aromatic heterocycles. The Hall–Kier alpha value is -2.11. The normalized spacial score (nSPS) is 31.6. The van der Waals surface area contributed by atoms with E-state index in [9.17, 15) is 24.6 Å². The number of ketones is 1. The van der Waals surface area contributed by atoms with Crippen LogP contribution in [-0.4, -0.2) is 83.3 Å². The summed E-state index contributed by atoms with van der Waals surface area (Å²) in [5.41, 5.74) is 1.01. The average Bonchev–Trinajstić information content (AvgIpc) is 3.07. The van der Waals surface area contributed by atoms with Crippen molar-refractivity contribution in [2.75, 3.05) is 13.1 Å². The summed E-state index contributed by atoms with van der Waals surface area (Å²) in [4.78, 5) is 37.6. The second-order valence-corrected chi connectivity index (χ2v) is 15.7. The van der Waals surface area contributed by atoms with Crippen LogP contribution in [0.25, 0.3) is 0 Å². The predicted octanol–water partition coefficient (Wildman–Crippen LogP) is 5.93. The van der Waals surface area contributed by atoms with Gasteiger partial charge in [0.05, 0.1) is 49.0 Å². The Morgan fingerprint density at radius 2 is 1.64 bits per heavy atom. The van der Waals surface area contributed by atoms with E-state index in [2.05, 4.69) is 30.6 Å². The second kappa shape index (κ2) is 20.8. The SMILES string of the molecule is C/C=C/C(=O)C[C@@H]1CC[C@H](C)[C@H](CC(=O)NC[C@H](O)[C@@H](C)C(=O)NCCC[C@H]2O[C@@]3(CCC[C@@H](CC[C@H](C)/C=C(\C)[C@H](C)O)O3)CC[C@@H]2C)O1. The number of allylic oxidation sites excluding steroid dienone is 3. The Bertz CT molecular complexity index is 1140. The maximum atomic E-state index is 12.9. The van der Waals surface area contributed by atoms with E-state index >= 15 is 0 Å². The Morgan fingerprint density at radius 1 is 0.900 bits per heavy atom.